The van der Waals surface area contributed by atoms with Gasteiger partial charge in [-0.1, -0.05) is 29.8 Å². The van der Waals surface area contributed by atoms with Gasteiger partial charge in [-0.3, -0.25) is 14.5 Å². The van der Waals surface area contributed by atoms with Gasteiger partial charge < -0.3 is 4.42 Å². The van der Waals surface area contributed by atoms with Crippen LogP contribution in [0.3, 0.4) is 0 Å². The van der Waals surface area contributed by atoms with Crippen molar-refractivity contribution >= 4 is 22.7 Å². The van der Waals surface area contributed by atoms with Gasteiger partial charge in [0.2, 0.25) is 5.76 Å². The molecule has 2 aromatic carbocycles. The second-order valence-electron chi connectivity index (χ2n) is 6.99. The molecule has 29 heavy (non-hydrogen) atoms. The number of pyridine rings is 1. The number of carbonyl (C=O) groups excluding carboxylic acids is 1. The van der Waals surface area contributed by atoms with Crippen molar-refractivity contribution in [3.05, 3.63) is 105 Å². The number of anilines is 1. The third-order valence-electron chi connectivity index (χ3n) is 5.11. The van der Waals surface area contributed by atoms with E-state index in [4.69, 9.17) is 4.42 Å². The molecule has 1 aliphatic heterocycles. The third-order valence-corrected chi connectivity index (χ3v) is 5.11. The zero-order valence-corrected chi connectivity index (χ0v) is 15.4. The number of benzene rings is 2. The molecule has 0 radical (unpaired) electrons. The van der Waals surface area contributed by atoms with Gasteiger partial charge in [0.05, 0.1) is 17.0 Å². The molecule has 4 aromatic rings. The number of fused-ring (bicyclic) bond motifs is 2. The summed E-state index contributed by atoms with van der Waals surface area (Å²) < 4.78 is 19.4. The molecule has 0 N–H and O–H groups in total. The molecule has 142 valence electrons. The van der Waals surface area contributed by atoms with E-state index in [0.717, 1.165) is 5.56 Å². The molecule has 6 heteroatoms. The molecule has 0 fully saturated rings. The van der Waals surface area contributed by atoms with E-state index in [1.807, 2.05) is 13.0 Å². The molecule has 0 aliphatic carbocycles. The van der Waals surface area contributed by atoms with E-state index < -0.39 is 17.8 Å². The Kier molecular flexibility index (Phi) is 3.81. The van der Waals surface area contributed by atoms with Crippen LogP contribution in [-0.4, -0.2) is 10.9 Å². The number of aryl methyl sites for hydroxylation is 1. The second-order valence-corrected chi connectivity index (χ2v) is 6.99. The minimum Gasteiger partial charge on any atom is -0.450 e. The highest BCUT2D eigenvalue weighted by Crippen LogP contribution is 2.40. The zero-order chi connectivity index (χ0) is 20.1. The van der Waals surface area contributed by atoms with Crippen LogP contribution in [0, 0.1) is 12.7 Å². The monoisotopic (exact) mass is 386 g/mol. The molecule has 3 heterocycles. The molecule has 0 spiro atoms. The van der Waals surface area contributed by atoms with Crippen molar-refractivity contribution in [3.8, 4) is 0 Å². The molecule has 0 saturated heterocycles. The van der Waals surface area contributed by atoms with Crippen LogP contribution in [0.15, 0.2) is 76.1 Å². The molecule has 1 atom stereocenters. The van der Waals surface area contributed by atoms with Crippen molar-refractivity contribution in [2.45, 2.75) is 13.0 Å². The van der Waals surface area contributed by atoms with Gasteiger partial charge in [0.1, 0.15) is 17.2 Å². The van der Waals surface area contributed by atoms with Gasteiger partial charge in [-0.15, -0.1) is 0 Å². The summed E-state index contributed by atoms with van der Waals surface area (Å²) in [5, 5.41) is 0.409. The van der Waals surface area contributed by atoms with Crippen LogP contribution in [-0.2, 0) is 0 Å². The van der Waals surface area contributed by atoms with Crippen molar-refractivity contribution in [1.82, 2.24) is 4.98 Å². The molecular weight excluding hydrogens is 371 g/mol. The first-order valence-corrected chi connectivity index (χ1v) is 9.12. The summed E-state index contributed by atoms with van der Waals surface area (Å²) in [5.41, 5.74) is 1.84. The normalized spacial score (nSPS) is 15.7. The SMILES string of the molecule is Cc1ccc2oc3c(c(=O)c2c1)[C@@H](c1ccc(F)cc1)N(c1ccccn1)C3=O. The van der Waals surface area contributed by atoms with E-state index in [9.17, 15) is 14.0 Å². The van der Waals surface area contributed by atoms with Crippen LogP contribution < -0.4 is 10.3 Å². The summed E-state index contributed by atoms with van der Waals surface area (Å²) in [6.07, 6.45) is 1.57. The fourth-order valence-corrected chi connectivity index (χ4v) is 3.78. The number of aromatic nitrogens is 1. The van der Waals surface area contributed by atoms with Crippen molar-refractivity contribution < 1.29 is 13.6 Å². The smallest absolute Gasteiger partial charge is 0.296 e. The standard InChI is InChI=1S/C23H15FN2O3/c1-13-5-10-17-16(12-13)21(27)19-20(14-6-8-15(24)9-7-14)26(23(28)22(19)29-17)18-4-2-3-11-25-18/h2-12,20H,1H3/t20-/m1/s1. The number of amides is 1. The van der Waals surface area contributed by atoms with E-state index in [1.165, 1.54) is 17.0 Å². The number of nitrogens with zero attached hydrogens (tertiary/aromatic N) is 2. The highest BCUT2D eigenvalue weighted by atomic mass is 19.1. The maximum Gasteiger partial charge on any atom is 0.296 e. The lowest BCUT2D eigenvalue weighted by Gasteiger charge is -2.24. The van der Waals surface area contributed by atoms with Gasteiger partial charge in [0.25, 0.3) is 5.91 Å². The summed E-state index contributed by atoms with van der Waals surface area (Å²) >= 11 is 0. The Balaban J connectivity index is 1.83. The number of rotatable bonds is 2. The molecule has 5 rings (SSSR count). The minimum absolute atomic E-state index is 0.00803. The Labute approximate surface area is 165 Å². The largest absolute Gasteiger partial charge is 0.450 e. The first-order chi connectivity index (χ1) is 14.0. The van der Waals surface area contributed by atoms with Crippen molar-refractivity contribution in [1.29, 1.82) is 0 Å². The minimum atomic E-state index is -0.755. The van der Waals surface area contributed by atoms with Gasteiger partial charge >= 0.3 is 0 Å². The van der Waals surface area contributed by atoms with E-state index in [0.29, 0.717) is 22.4 Å². The van der Waals surface area contributed by atoms with Crippen molar-refractivity contribution in [2.75, 3.05) is 4.90 Å². The number of hydrogen-bond acceptors (Lipinski definition) is 4. The zero-order valence-electron chi connectivity index (χ0n) is 15.4. The van der Waals surface area contributed by atoms with Crippen LogP contribution in [0.2, 0.25) is 0 Å². The highest BCUT2D eigenvalue weighted by molar-refractivity contribution is 6.10. The molecular formula is C23H15FN2O3. The van der Waals surface area contributed by atoms with Crippen LogP contribution in [0.25, 0.3) is 11.0 Å². The average Bonchev–Trinajstić information content (AvgIpc) is 3.03. The Morgan fingerprint density at radius 1 is 1.03 bits per heavy atom. The fourth-order valence-electron chi connectivity index (χ4n) is 3.78. The van der Waals surface area contributed by atoms with Crippen LogP contribution in [0.4, 0.5) is 10.2 Å². The Bertz CT molecular complexity index is 1310. The van der Waals surface area contributed by atoms with Gasteiger partial charge in [-0.2, -0.15) is 0 Å². The first-order valence-electron chi connectivity index (χ1n) is 9.12. The lowest BCUT2D eigenvalue weighted by molar-refractivity contribution is 0.0970. The quantitative estimate of drug-likeness (QED) is 0.513. The number of carbonyl (C=O) groups is 1. The van der Waals surface area contributed by atoms with E-state index in [1.54, 1.807) is 48.7 Å². The topological polar surface area (TPSA) is 63.4 Å². The number of hydrogen-bond donors (Lipinski definition) is 0. The molecule has 1 aliphatic rings. The van der Waals surface area contributed by atoms with Crippen LogP contribution in [0.1, 0.15) is 33.3 Å². The van der Waals surface area contributed by atoms with E-state index >= 15 is 0 Å². The van der Waals surface area contributed by atoms with Gasteiger partial charge in [-0.25, -0.2) is 9.37 Å². The second kappa shape index (κ2) is 6.38. The lowest BCUT2D eigenvalue weighted by atomic mass is 9.98. The van der Waals surface area contributed by atoms with Crippen LogP contribution >= 0.6 is 0 Å². The van der Waals surface area contributed by atoms with Crippen molar-refractivity contribution in [3.63, 3.8) is 0 Å². The summed E-state index contributed by atoms with van der Waals surface area (Å²) in [7, 11) is 0. The highest BCUT2D eigenvalue weighted by Gasteiger charge is 2.44. The third kappa shape index (κ3) is 2.64. The summed E-state index contributed by atoms with van der Waals surface area (Å²) in [6.45, 7) is 1.88. The molecule has 1 amide bonds. The lowest BCUT2D eigenvalue weighted by Crippen LogP contribution is -2.30. The van der Waals surface area contributed by atoms with Gasteiger partial charge in [-0.05, 0) is 48.9 Å². The summed E-state index contributed by atoms with van der Waals surface area (Å²) in [5.74, 6) is -0.472. The number of halogens is 1. The molecule has 0 saturated carbocycles. The van der Waals surface area contributed by atoms with E-state index in [-0.39, 0.29) is 16.8 Å². The predicted octanol–water partition coefficient (Wildman–Crippen LogP) is 4.39. The van der Waals surface area contributed by atoms with Gasteiger partial charge in [0, 0.05) is 6.20 Å². The van der Waals surface area contributed by atoms with Crippen LogP contribution in [0.5, 0.6) is 0 Å². The Morgan fingerprint density at radius 2 is 1.83 bits per heavy atom. The maximum atomic E-state index is 13.5. The molecule has 0 unspecified atom stereocenters. The predicted molar refractivity (Wildman–Crippen MR) is 107 cm³/mol. The average molecular weight is 386 g/mol. The van der Waals surface area contributed by atoms with E-state index in [2.05, 4.69) is 4.98 Å². The Hall–Kier alpha value is -3.80. The fraction of sp³-hybridized carbons (Fsp3) is 0.0870. The Morgan fingerprint density at radius 3 is 2.55 bits per heavy atom. The maximum absolute atomic E-state index is 13.5. The van der Waals surface area contributed by atoms with Crippen molar-refractivity contribution in [2.24, 2.45) is 0 Å². The van der Waals surface area contributed by atoms with Gasteiger partial charge in [0.15, 0.2) is 5.43 Å². The summed E-state index contributed by atoms with van der Waals surface area (Å²) in [6, 6.07) is 15.4. The molecule has 2 aromatic heterocycles. The molecule has 5 nitrogen and oxygen atoms in total. The summed E-state index contributed by atoms with van der Waals surface area (Å²) in [4.78, 5) is 32.4. The molecule has 0 bridgehead atoms. The first kappa shape index (κ1) is 17.3.